The molecule has 0 saturated heterocycles. The molecular formula is C29H23N3O3. The number of hydrogen-bond donors (Lipinski definition) is 0. The van der Waals surface area contributed by atoms with E-state index in [9.17, 15) is 25.4 Å². The molecule has 2 atom stereocenters. The van der Waals surface area contributed by atoms with Crippen molar-refractivity contribution in [2.75, 3.05) is 6.61 Å². The van der Waals surface area contributed by atoms with Crippen LogP contribution in [-0.2, 0) is 14.9 Å². The highest BCUT2D eigenvalue weighted by Crippen LogP contribution is 2.41. The molecule has 0 unspecified atom stereocenters. The highest BCUT2D eigenvalue weighted by Gasteiger charge is 2.41. The highest BCUT2D eigenvalue weighted by atomic mass is 16.5. The van der Waals surface area contributed by atoms with Gasteiger partial charge in [-0.15, -0.1) is 0 Å². The lowest BCUT2D eigenvalue weighted by Crippen LogP contribution is -2.36. The van der Waals surface area contributed by atoms with Crippen molar-refractivity contribution >= 4 is 11.8 Å². The molecular weight excluding hydrogens is 438 g/mol. The van der Waals surface area contributed by atoms with E-state index in [4.69, 9.17) is 4.74 Å². The van der Waals surface area contributed by atoms with Gasteiger partial charge < -0.3 is 4.74 Å². The first kappa shape index (κ1) is 24.9. The van der Waals surface area contributed by atoms with Gasteiger partial charge in [0, 0.05) is 11.0 Å². The van der Waals surface area contributed by atoms with Crippen molar-refractivity contribution in [3.8, 4) is 18.2 Å². The van der Waals surface area contributed by atoms with E-state index in [0.29, 0.717) is 11.1 Å². The first-order valence-corrected chi connectivity index (χ1v) is 11.1. The summed E-state index contributed by atoms with van der Waals surface area (Å²) in [6.45, 7) is 3.61. The molecule has 0 aliphatic carbocycles. The maximum absolute atomic E-state index is 13.5. The normalized spacial score (nSPS) is 12.8. The Labute approximate surface area is 204 Å². The highest BCUT2D eigenvalue weighted by molar-refractivity contribution is 6.08. The summed E-state index contributed by atoms with van der Waals surface area (Å²) in [5, 5.41) is 29.0. The summed E-state index contributed by atoms with van der Waals surface area (Å²) in [6, 6.07) is 26.7. The number of ketones is 1. The van der Waals surface area contributed by atoms with E-state index in [1.165, 1.54) is 12.1 Å². The molecule has 0 fully saturated rings. The zero-order valence-corrected chi connectivity index (χ0v) is 19.5. The van der Waals surface area contributed by atoms with E-state index in [-0.39, 0.29) is 35.5 Å². The molecule has 0 saturated carbocycles. The van der Waals surface area contributed by atoms with Crippen molar-refractivity contribution in [2.24, 2.45) is 5.92 Å². The summed E-state index contributed by atoms with van der Waals surface area (Å²) < 4.78 is 5.28. The molecule has 3 rings (SSSR count). The van der Waals surface area contributed by atoms with Gasteiger partial charge in [0.15, 0.2) is 5.78 Å². The van der Waals surface area contributed by atoms with Crippen LogP contribution in [-0.4, -0.2) is 18.4 Å². The summed E-state index contributed by atoms with van der Waals surface area (Å²) in [6.07, 6.45) is -0.00494. The van der Waals surface area contributed by atoms with Crippen LogP contribution in [0, 0.1) is 39.9 Å². The number of nitriles is 3. The molecule has 0 bridgehead atoms. The number of Topliss-reactive ketones (excluding diaryl/α,β-unsaturated/α-hetero) is 1. The molecule has 3 aromatic rings. The third kappa shape index (κ3) is 5.11. The van der Waals surface area contributed by atoms with Gasteiger partial charge in [0.2, 0.25) is 0 Å². The molecule has 172 valence electrons. The Hall–Kier alpha value is -4.73. The Morgan fingerprint density at radius 1 is 0.857 bits per heavy atom. The molecule has 0 radical (unpaired) electrons. The number of benzene rings is 3. The Morgan fingerprint density at radius 3 is 1.94 bits per heavy atom. The predicted octanol–water partition coefficient (Wildman–Crippen LogP) is 5.06. The number of carbonyl (C=O) groups excluding carboxylic acids is 2. The van der Waals surface area contributed by atoms with Gasteiger partial charge in [-0.3, -0.25) is 9.59 Å². The van der Waals surface area contributed by atoms with Gasteiger partial charge in [0.25, 0.3) is 0 Å². The van der Waals surface area contributed by atoms with Gasteiger partial charge in [-0.25, -0.2) is 0 Å². The fourth-order valence-corrected chi connectivity index (χ4v) is 4.26. The fraction of sp³-hybridized carbons (Fsp3) is 0.207. The molecule has 6 nitrogen and oxygen atoms in total. The second-order valence-electron chi connectivity index (χ2n) is 8.22. The van der Waals surface area contributed by atoms with Crippen LogP contribution in [0.15, 0.2) is 72.8 Å². The molecule has 0 aromatic heterocycles. The van der Waals surface area contributed by atoms with Gasteiger partial charge in [-0.1, -0.05) is 67.6 Å². The van der Waals surface area contributed by atoms with E-state index < -0.39 is 17.3 Å². The summed E-state index contributed by atoms with van der Waals surface area (Å²) in [7, 11) is 0. The van der Waals surface area contributed by atoms with Crippen molar-refractivity contribution in [1.29, 1.82) is 15.8 Å². The second-order valence-corrected chi connectivity index (χ2v) is 8.22. The maximum atomic E-state index is 13.5. The number of rotatable bonds is 8. The Morgan fingerprint density at radius 2 is 1.40 bits per heavy atom. The van der Waals surface area contributed by atoms with E-state index in [1.807, 2.05) is 49.4 Å². The van der Waals surface area contributed by atoms with Gasteiger partial charge in [-0.05, 0) is 36.6 Å². The summed E-state index contributed by atoms with van der Waals surface area (Å²) in [5.41, 5.74) is 0.947. The number of esters is 1. The third-order valence-corrected chi connectivity index (χ3v) is 6.08. The topological polar surface area (TPSA) is 115 Å². The van der Waals surface area contributed by atoms with Crippen LogP contribution in [0.2, 0.25) is 0 Å². The monoisotopic (exact) mass is 461 g/mol. The number of carbonyl (C=O) groups is 2. The van der Waals surface area contributed by atoms with E-state index >= 15 is 0 Å². The quantitative estimate of drug-likeness (QED) is 0.263. The number of hydrogen-bond acceptors (Lipinski definition) is 6. The van der Waals surface area contributed by atoms with Gasteiger partial charge in [-0.2, -0.15) is 15.8 Å². The number of ether oxygens (including phenoxy) is 1. The zero-order chi connectivity index (χ0) is 25.4. The minimum atomic E-state index is -1.16. The molecule has 0 amide bonds. The SMILES string of the molecule is CCOC(=O)[C@H](C[C@](C)(c1ccccc1)c1cc(C#N)c(C#N)cc1C#N)C(=O)c1ccccc1. The lowest BCUT2D eigenvalue weighted by Gasteiger charge is -2.34. The van der Waals surface area contributed by atoms with E-state index in [2.05, 4.69) is 6.07 Å². The average Bonchev–Trinajstić information content (AvgIpc) is 2.91. The molecule has 0 N–H and O–H groups in total. The van der Waals surface area contributed by atoms with Crippen LogP contribution in [0.3, 0.4) is 0 Å². The Balaban J connectivity index is 2.26. The second kappa shape index (κ2) is 10.9. The minimum Gasteiger partial charge on any atom is -0.465 e. The average molecular weight is 462 g/mol. The maximum Gasteiger partial charge on any atom is 0.316 e. The van der Waals surface area contributed by atoms with Crippen molar-refractivity contribution in [1.82, 2.24) is 0 Å². The van der Waals surface area contributed by atoms with Gasteiger partial charge in [0.1, 0.15) is 18.1 Å². The molecule has 0 aliphatic heterocycles. The van der Waals surface area contributed by atoms with E-state index in [0.717, 1.165) is 5.56 Å². The van der Waals surface area contributed by atoms with Crippen molar-refractivity contribution in [3.63, 3.8) is 0 Å². The van der Waals surface area contributed by atoms with Crippen LogP contribution >= 0.6 is 0 Å². The predicted molar refractivity (Wildman–Crippen MR) is 129 cm³/mol. The molecule has 0 spiro atoms. The molecule has 0 aliphatic rings. The van der Waals surface area contributed by atoms with E-state index in [1.54, 1.807) is 37.3 Å². The summed E-state index contributed by atoms with van der Waals surface area (Å²) in [5.74, 6) is -2.20. The Bertz CT molecular complexity index is 1360. The fourth-order valence-electron chi connectivity index (χ4n) is 4.26. The van der Waals surface area contributed by atoms with Gasteiger partial charge >= 0.3 is 5.97 Å². The van der Waals surface area contributed by atoms with Crippen LogP contribution in [0.25, 0.3) is 0 Å². The molecule has 6 heteroatoms. The molecule has 35 heavy (non-hydrogen) atoms. The lowest BCUT2D eigenvalue weighted by atomic mass is 9.67. The first-order chi connectivity index (χ1) is 16.9. The smallest absolute Gasteiger partial charge is 0.316 e. The van der Waals surface area contributed by atoms with Crippen molar-refractivity contribution in [3.05, 3.63) is 106 Å². The lowest BCUT2D eigenvalue weighted by molar-refractivity contribution is -0.146. The summed E-state index contributed by atoms with van der Waals surface area (Å²) >= 11 is 0. The zero-order valence-electron chi connectivity index (χ0n) is 19.5. The largest absolute Gasteiger partial charge is 0.465 e. The Kier molecular flexibility index (Phi) is 7.77. The van der Waals surface area contributed by atoms with Crippen LogP contribution in [0.5, 0.6) is 0 Å². The van der Waals surface area contributed by atoms with Crippen LogP contribution in [0.4, 0.5) is 0 Å². The van der Waals surface area contributed by atoms with Crippen LogP contribution < -0.4 is 0 Å². The van der Waals surface area contributed by atoms with Crippen molar-refractivity contribution < 1.29 is 14.3 Å². The third-order valence-electron chi connectivity index (χ3n) is 6.08. The van der Waals surface area contributed by atoms with Crippen molar-refractivity contribution in [2.45, 2.75) is 25.7 Å². The summed E-state index contributed by atoms with van der Waals surface area (Å²) in [4.78, 5) is 26.6. The van der Waals surface area contributed by atoms with Gasteiger partial charge in [0.05, 0.1) is 29.4 Å². The minimum absolute atomic E-state index is 0.00494. The molecule has 0 heterocycles. The van der Waals surface area contributed by atoms with Crippen LogP contribution in [0.1, 0.15) is 58.4 Å². The first-order valence-electron chi connectivity index (χ1n) is 11.1. The molecule has 3 aromatic carbocycles. The number of nitrogens with zero attached hydrogens (tertiary/aromatic N) is 3. The standard InChI is InChI=1S/C29H23N3O3/c1-3-35-28(34)25(27(33)20-10-6-4-7-11-20)16-29(2,24-12-8-5-9-13-24)26-15-22(18-31)21(17-30)14-23(26)19-32/h4-15,25H,3,16H2,1-2H3/t25-,29-/m1/s1.